The lowest BCUT2D eigenvalue weighted by atomic mass is 9.99. The number of carbonyl (C=O) groups is 1. The molecule has 0 unspecified atom stereocenters. The van der Waals surface area contributed by atoms with Gasteiger partial charge in [-0.1, -0.05) is 48.5 Å². The Morgan fingerprint density at radius 1 is 0.810 bits per heavy atom. The predicted octanol–water partition coefficient (Wildman–Crippen LogP) is 5.36. The van der Waals surface area contributed by atoms with Crippen LogP contribution in [0, 0.1) is 0 Å². The summed E-state index contributed by atoms with van der Waals surface area (Å²) >= 11 is 0. The molecule has 0 radical (unpaired) electrons. The molecule has 1 aliphatic heterocycles. The standard InChI is InChI=1S/C29H25F3N2O6S2/c30-29(31,32)26-18-22(21-9-8-19-4-1-2-5-20(19)16-21)10-11-27(26)41(37,38)33-24-12-14-34(15-13-24)42(39,40)25-7-3-6-23(17-25)28(35)36/h1-11,16-18,24,33H,12-15H2,(H,35,36). The second-order valence-electron chi connectivity index (χ2n) is 9.90. The third kappa shape index (κ3) is 6.04. The van der Waals surface area contributed by atoms with Gasteiger partial charge < -0.3 is 5.11 Å². The van der Waals surface area contributed by atoms with Crippen molar-refractivity contribution in [3.8, 4) is 11.1 Å². The van der Waals surface area contributed by atoms with Crippen molar-refractivity contribution < 1.29 is 39.9 Å². The van der Waals surface area contributed by atoms with Gasteiger partial charge in [-0.25, -0.2) is 26.4 Å². The fourth-order valence-electron chi connectivity index (χ4n) is 4.97. The summed E-state index contributed by atoms with van der Waals surface area (Å²) in [4.78, 5) is 10.1. The molecule has 220 valence electrons. The number of fused-ring (bicyclic) bond motifs is 1. The molecule has 4 aromatic carbocycles. The van der Waals surface area contributed by atoms with Crippen molar-refractivity contribution in [2.24, 2.45) is 0 Å². The van der Waals surface area contributed by atoms with Crippen molar-refractivity contribution in [3.63, 3.8) is 0 Å². The van der Waals surface area contributed by atoms with Crippen LogP contribution in [0.3, 0.4) is 0 Å². The van der Waals surface area contributed by atoms with Crippen molar-refractivity contribution >= 4 is 36.8 Å². The number of carboxylic acids is 1. The monoisotopic (exact) mass is 618 g/mol. The Morgan fingerprint density at radius 3 is 2.12 bits per heavy atom. The van der Waals surface area contributed by atoms with Gasteiger partial charge in [0.05, 0.1) is 20.9 Å². The van der Waals surface area contributed by atoms with Crippen molar-refractivity contribution in [1.82, 2.24) is 9.03 Å². The molecule has 0 spiro atoms. The summed E-state index contributed by atoms with van der Waals surface area (Å²) in [6, 6.07) is 19.7. The van der Waals surface area contributed by atoms with Crippen LogP contribution in [0.15, 0.2) is 94.7 Å². The van der Waals surface area contributed by atoms with E-state index in [0.717, 1.165) is 33.3 Å². The van der Waals surface area contributed by atoms with Gasteiger partial charge in [0.25, 0.3) is 0 Å². The highest BCUT2D eigenvalue weighted by atomic mass is 32.2. The van der Waals surface area contributed by atoms with Crippen LogP contribution in [0.5, 0.6) is 0 Å². The maximum absolute atomic E-state index is 14.1. The molecule has 13 heteroatoms. The molecule has 42 heavy (non-hydrogen) atoms. The number of rotatable bonds is 7. The average molecular weight is 619 g/mol. The molecule has 1 saturated heterocycles. The zero-order valence-electron chi connectivity index (χ0n) is 21.9. The lowest BCUT2D eigenvalue weighted by Gasteiger charge is -2.31. The van der Waals surface area contributed by atoms with Crippen LogP contribution in [-0.4, -0.2) is 51.3 Å². The topological polar surface area (TPSA) is 121 Å². The number of hydrogen-bond donors (Lipinski definition) is 2. The van der Waals surface area contributed by atoms with E-state index in [9.17, 15) is 34.8 Å². The van der Waals surface area contributed by atoms with Gasteiger partial charge in [-0.05, 0) is 71.1 Å². The van der Waals surface area contributed by atoms with E-state index in [0.29, 0.717) is 5.56 Å². The summed E-state index contributed by atoms with van der Waals surface area (Å²) in [6.45, 7) is -0.223. The number of carboxylic acid groups (broad SMARTS) is 1. The van der Waals surface area contributed by atoms with Crippen LogP contribution < -0.4 is 4.72 Å². The van der Waals surface area contributed by atoms with Gasteiger partial charge in [0.15, 0.2) is 0 Å². The van der Waals surface area contributed by atoms with E-state index < -0.39 is 48.7 Å². The molecule has 0 aromatic heterocycles. The molecule has 2 N–H and O–H groups in total. The molecule has 0 saturated carbocycles. The molecule has 8 nitrogen and oxygen atoms in total. The molecule has 0 bridgehead atoms. The summed E-state index contributed by atoms with van der Waals surface area (Å²) < 4.78 is 98.2. The van der Waals surface area contributed by atoms with Crippen molar-refractivity contribution in [3.05, 3.63) is 96.1 Å². The Balaban J connectivity index is 1.35. The van der Waals surface area contributed by atoms with Gasteiger partial charge in [0, 0.05) is 19.1 Å². The molecule has 4 aromatic rings. The number of nitrogens with one attached hydrogen (secondary N) is 1. The van der Waals surface area contributed by atoms with Crippen LogP contribution in [0.4, 0.5) is 13.2 Å². The van der Waals surface area contributed by atoms with Crippen LogP contribution in [0.25, 0.3) is 21.9 Å². The minimum Gasteiger partial charge on any atom is -0.478 e. The van der Waals surface area contributed by atoms with E-state index in [-0.39, 0.29) is 42.0 Å². The number of piperidine rings is 1. The predicted molar refractivity (Wildman–Crippen MR) is 150 cm³/mol. The lowest BCUT2D eigenvalue weighted by molar-refractivity contribution is -0.139. The lowest BCUT2D eigenvalue weighted by Crippen LogP contribution is -2.46. The van der Waals surface area contributed by atoms with Crippen molar-refractivity contribution in [2.45, 2.75) is 34.9 Å². The highest BCUT2D eigenvalue weighted by Gasteiger charge is 2.39. The van der Waals surface area contributed by atoms with Crippen molar-refractivity contribution in [1.29, 1.82) is 0 Å². The van der Waals surface area contributed by atoms with Gasteiger partial charge in [0.1, 0.15) is 0 Å². The quantitative estimate of drug-likeness (QED) is 0.288. The maximum Gasteiger partial charge on any atom is 0.417 e. The number of benzene rings is 4. The van der Waals surface area contributed by atoms with E-state index in [1.165, 1.54) is 24.3 Å². The van der Waals surface area contributed by atoms with E-state index >= 15 is 0 Å². The highest BCUT2D eigenvalue weighted by Crippen LogP contribution is 2.38. The SMILES string of the molecule is O=C(O)c1cccc(S(=O)(=O)N2CCC(NS(=O)(=O)c3ccc(-c4ccc5ccccc5c4)cc3C(F)(F)F)CC2)c1. The molecule has 0 amide bonds. The Bertz CT molecular complexity index is 1890. The second kappa shape index (κ2) is 11.1. The van der Waals surface area contributed by atoms with E-state index in [2.05, 4.69) is 4.72 Å². The van der Waals surface area contributed by atoms with Gasteiger partial charge in [0.2, 0.25) is 20.0 Å². The van der Waals surface area contributed by atoms with Crippen molar-refractivity contribution in [2.75, 3.05) is 13.1 Å². The minimum absolute atomic E-state index is 0.00755. The molecular weight excluding hydrogens is 593 g/mol. The van der Waals surface area contributed by atoms with E-state index in [4.69, 9.17) is 5.11 Å². The highest BCUT2D eigenvalue weighted by molar-refractivity contribution is 7.89. The number of nitrogens with zero attached hydrogens (tertiary/aromatic N) is 1. The first-order valence-corrected chi connectivity index (χ1v) is 15.7. The maximum atomic E-state index is 14.1. The normalized spacial score (nSPS) is 15.6. The number of sulfonamides is 2. The summed E-state index contributed by atoms with van der Waals surface area (Å²) in [5.74, 6) is -1.29. The number of aromatic carboxylic acids is 1. The van der Waals surface area contributed by atoms with E-state index in [1.54, 1.807) is 18.2 Å². The van der Waals surface area contributed by atoms with Gasteiger partial charge in [-0.3, -0.25) is 0 Å². The summed E-state index contributed by atoms with van der Waals surface area (Å²) in [5, 5.41) is 10.9. The summed E-state index contributed by atoms with van der Waals surface area (Å²) in [5.41, 5.74) is -0.805. The smallest absolute Gasteiger partial charge is 0.417 e. The Morgan fingerprint density at radius 2 is 1.45 bits per heavy atom. The Hall–Kier alpha value is -3.78. The fourth-order valence-corrected chi connectivity index (χ4v) is 8.00. The zero-order chi connectivity index (χ0) is 30.3. The fraction of sp³-hybridized carbons (Fsp3) is 0.207. The Labute approximate surface area is 240 Å². The third-order valence-corrected chi connectivity index (χ3v) is 10.6. The van der Waals surface area contributed by atoms with Gasteiger partial charge in [-0.15, -0.1) is 0 Å². The van der Waals surface area contributed by atoms with Gasteiger partial charge >= 0.3 is 12.1 Å². The average Bonchev–Trinajstić information content (AvgIpc) is 2.96. The number of alkyl halides is 3. The first kappa shape index (κ1) is 29.7. The molecular formula is C29H25F3N2O6S2. The molecule has 5 rings (SSSR count). The summed E-state index contributed by atoms with van der Waals surface area (Å²) in [7, 11) is -8.70. The van der Waals surface area contributed by atoms with Gasteiger partial charge in [-0.2, -0.15) is 17.5 Å². The van der Waals surface area contributed by atoms with E-state index in [1.807, 2.05) is 24.3 Å². The Kier molecular flexibility index (Phi) is 7.88. The summed E-state index contributed by atoms with van der Waals surface area (Å²) in [6.07, 6.45) is -4.94. The first-order chi connectivity index (χ1) is 19.8. The zero-order valence-corrected chi connectivity index (χ0v) is 23.5. The number of halogens is 3. The second-order valence-corrected chi connectivity index (χ2v) is 13.5. The molecule has 1 heterocycles. The molecule has 0 atom stereocenters. The van der Waals surface area contributed by atoms with Crippen LogP contribution in [0.1, 0.15) is 28.8 Å². The third-order valence-electron chi connectivity index (χ3n) is 7.15. The molecule has 1 aliphatic rings. The first-order valence-electron chi connectivity index (χ1n) is 12.8. The largest absolute Gasteiger partial charge is 0.478 e. The van der Waals surface area contributed by atoms with Crippen LogP contribution in [0.2, 0.25) is 0 Å². The van der Waals surface area contributed by atoms with Crippen LogP contribution >= 0.6 is 0 Å². The minimum atomic E-state index is -4.96. The van der Waals surface area contributed by atoms with Crippen LogP contribution in [-0.2, 0) is 26.2 Å². The molecule has 1 fully saturated rings. The number of hydrogen-bond acceptors (Lipinski definition) is 5. The molecule has 0 aliphatic carbocycles.